The number of hydrogen-bond donors (Lipinski definition) is 1. The molecule has 1 N–H and O–H groups in total. The van der Waals surface area contributed by atoms with E-state index in [-0.39, 0.29) is 11.9 Å². The van der Waals surface area contributed by atoms with E-state index in [0.29, 0.717) is 30.3 Å². The molecule has 8 heteroatoms. The first-order chi connectivity index (χ1) is 16.4. The summed E-state index contributed by atoms with van der Waals surface area (Å²) in [5, 5.41) is 3.82. The Morgan fingerprint density at radius 1 is 1.26 bits per heavy atom. The molecule has 7 nitrogen and oxygen atoms in total. The largest absolute Gasteiger partial charge is 0.514 e. The highest BCUT2D eigenvalue weighted by Gasteiger charge is 2.27. The topological polar surface area (TPSA) is 77.1 Å². The number of benzene rings is 1. The normalized spacial score (nSPS) is 16.4. The Kier molecular flexibility index (Phi) is 8.93. The minimum Gasteiger partial charge on any atom is -0.497 e. The van der Waals surface area contributed by atoms with Crippen LogP contribution >= 0.6 is 11.3 Å². The van der Waals surface area contributed by atoms with Crippen molar-refractivity contribution in [3.8, 4) is 10.8 Å². The molecular weight excluding hydrogens is 452 g/mol. The van der Waals surface area contributed by atoms with Crippen LogP contribution in [0.15, 0.2) is 61.2 Å². The summed E-state index contributed by atoms with van der Waals surface area (Å²) in [5.74, 6) is 0.871. The van der Waals surface area contributed by atoms with Gasteiger partial charge in [-0.25, -0.2) is 4.79 Å². The van der Waals surface area contributed by atoms with E-state index >= 15 is 0 Å². The Morgan fingerprint density at radius 2 is 2.03 bits per heavy atom. The van der Waals surface area contributed by atoms with Crippen LogP contribution < -0.4 is 14.8 Å². The number of thiophene rings is 1. The lowest BCUT2D eigenvalue weighted by Crippen LogP contribution is -2.42. The number of allylic oxidation sites excluding steroid dienone is 5. The maximum Gasteiger partial charge on any atom is 0.514 e. The van der Waals surface area contributed by atoms with Gasteiger partial charge in [0.25, 0.3) is 0 Å². The number of hydrogen-bond acceptors (Lipinski definition) is 7. The van der Waals surface area contributed by atoms with E-state index in [1.54, 1.807) is 13.2 Å². The SMILES string of the molecule is C=CC=CC=C(C)c1cc(NC2CCN(Cc3ccc(OC)cc3)C(=O)C2)c(OC(=O)OC)s1. The van der Waals surface area contributed by atoms with Crippen LogP contribution in [0, 0.1) is 0 Å². The van der Waals surface area contributed by atoms with Gasteiger partial charge in [0.2, 0.25) is 11.0 Å². The molecule has 1 unspecified atom stereocenters. The van der Waals surface area contributed by atoms with Crippen LogP contribution in [-0.2, 0) is 16.1 Å². The van der Waals surface area contributed by atoms with Crippen LogP contribution in [0.3, 0.4) is 0 Å². The summed E-state index contributed by atoms with van der Waals surface area (Å²) in [4.78, 5) is 27.4. The van der Waals surface area contributed by atoms with E-state index in [1.807, 2.05) is 60.4 Å². The minimum absolute atomic E-state index is 0.0630. The third-order valence-corrected chi connectivity index (χ3v) is 6.58. The van der Waals surface area contributed by atoms with Crippen LogP contribution in [0.25, 0.3) is 5.57 Å². The third kappa shape index (κ3) is 6.74. The Bertz CT molecular complexity index is 1070. The molecule has 1 saturated heterocycles. The zero-order chi connectivity index (χ0) is 24.5. The Morgan fingerprint density at radius 3 is 2.68 bits per heavy atom. The number of rotatable bonds is 9. The highest BCUT2D eigenvalue weighted by atomic mass is 32.1. The molecule has 1 fully saturated rings. The molecule has 1 amide bonds. The molecule has 1 aromatic carbocycles. The molecule has 0 radical (unpaired) electrons. The number of ether oxygens (including phenoxy) is 3. The predicted octanol–water partition coefficient (Wildman–Crippen LogP) is 5.65. The fourth-order valence-corrected chi connectivity index (χ4v) is 4.51. The predicted molar refractivity (Wildman–Crippen MR) is 135 cm³/mol. The summed E-state index contributed by atoms with van der Waals surface area (Å²) in [6.45, 7) is 6.85. The summed E-state index contributed by atoms with van der Waals surface area (Å²) in [7, 11) is 2.90. The number of likely N-dealkylation sites (tertiary alicyclic amines) is 1. The second-order valence-corrected chi connectivity index (χ2v) is 8.85. The Hall–Kier alpha value is -3.52. The van der Waals surface area contributed by atoms with Crippen molar-refractivity contribution in [2.45, 2.75) is 32.4 Å². The van der Waals surface area contributed by atoms with E-state index in [2.05, 4.69) is 16.6 Å². The van der Waals surface area contributed by atoms with Gasteiger partial charge in [0, 0.05) is 30.4 Å². The Balaban J connectivity index is 1.68. The van der Waals surface area contributed by atoms with E-state index in [1.165, 1.54) is 18.4 Å². The molecule has 0 bridgehead atoms. The van der Waals surface area contributed by atoms with Crippen molar-refractivity contribution in [3.63, 3.8) is 0 Å². The van der Waals surface area contributed by atoms with Crippen molar-refractivity contribution in [2.24, 2.45) is 0 Å². The smallest absolute Gasteiger partial charge is 0.497 e. The second-order valence-electron chi connectivity index (χ2n) is 7.84. The zero-order valence-corrected chi connectivity index (χ0v) is 20.5. The van der Waals surface area contributed by atoms with Gasteiger partial charge < -0.3 is 24.4 Å². The van der Waals surface area contributed by atoms with Crippen molar-refractivity contribution in [1.29, 1.82) is 0 Å². The number of amides is 1. The van der Waals surface area contributed by atoms with Crippen LogP contribution in [0.5, 0.6) is 10.8 Å². The van der Waals surface area contributed by atoms with Gasteiger partial charge in [-0.05, 0) is 42.7 Å². The molecular formula is C26H30N2O5S. The molecule has 1 aliphatic rings. The zero-order valence-electron chi connectivity index (χ0n) is 19.7. The van der Waals surface area contributed by atoms with Crippen LogP contribution in [0.1, 0.15) is 30.2 Å². The molecule has 2 heterocycles. The molecule has 180 valence electrons. The molecule has 34 heavy (non-hydrogen) atoms. The maximum atomic E-state index is 12.8. The molecule has 0 spiro atoms. The highest BCUT2D eigenvalue weighted by Crippen LogP contribution is 2.40. The third-order valence-electron chi connectivity index (χ3n) is 5.44. The van der Waals surface area contributed by atoms with Gasteiger partial charge in [0.05, 0.1) is 19.9 Å². The fraction of sp³-hybridized carbons (Fsp3) is 0.308. The maximum absolute atomic E-state index is 12.8. The van der Waals surface area contributed by atoms with E-state index < -0.39 is 6.16 Å². The van der Waals surface area contributed by atoms with Gasteiger partial charge in [-0.2, -0.15) is 0 Å². The highest BCUT2D eigenvalue weighted by molar-refractivity contribution is 7.15. The van der Waals surface area contributed by atoms with E-state index in [4.69, 9.17) is 9.47 Å². The van der Waals surface area contributed by atoms with Crippen molar-refractivity contribution in [3.05, 3.63) is 71.7 Å². The number of piperidine rings is 1. The average Bonchev–Trinajstić information content (AvgIpc) is 3.23. The van der Waals surface area contributed by atoms with Crippen molar-refractivity contribution >= 4 is 34.7 Å². The lowest BCUT2D eigenvalue weighted by atomic mass is 10.0. The molecule has 0 aliphatic carbocycles. The minimum atomic E-state index is -0.782. The van der Waals surface area contributed by atoms with Gasteiger partial charge in [0.1, 0.15) is 5.75 Å². The number of carbonyl (C=O) groups excluding carboxylic acids is 2. The summed E-state index contributed by atoms with van der Waals surface area (Å²) >= 11 is 1.34. The molecule has 3 rings (SSSR count). The van der Waals surface area contributed by atoms with E-state index in [9.17, 15) is 9.59 Å². The summed E-state index contributed by atoms with van der Waals surface area (Å²) in [6.07, 6.45) is 7.75. The summed E-state index contributed by atoms with van der Waals surface area (Å²) in [6, 6.07) is 9.61. The Labute approximate surface area is 204 Å². The number of carbonyl (C=O) groups is 2. The van der Waals surface area contributed by atoms with Crippen molar-refractivity contribution < 1.29 is 23.8 Å². The molecule has 1 aliphatic heterocycles. The van der Waals surface area contributed by atoms with Crippen LogP contribution in [0.4, 0.5) is 10.5 Å². The number of methoxy groups -OCH3 is 2. The summed E-state index contributed by atoms with van der Waals surface area (Å²) < 4.78 is 15.2. The molecule has 2 aromatic rings. The second kappa shape index (κ2) is 12.1. The van der Waals surface area contributed by atoms with Gasteiger partial charge in [0.15, 0.2) is 0 Å². The van der Waals surface area contributed by atoms with Gasteiger partial charge in [-0.1, -0.05) is 54.4 Å². The first-order valence-electron chi connectivity index (χ1n) is 11.0. The first kappa shape index (κ1) is 25.1. The number of nitrogens with zero attached hydrogens (tertiary/aromatic N) is 1. The van der Waals surface area contributed by atoms with Crippen molar-refractivity contribution in [1.82, 2.24) is 4.90 Å². The molecule has 1 atom stereocenters. The monoisotopic (exact) mass is 482 g/mol. The van der Waals surface area contributed by atoms with E-state index in [0.717, 1.165) is 28.2 Å². The van der Waals surface area contributed by atoms with Crippen LogP contribution in [0.2, 0.25) is 0 Å². The average molecular weight is 483 g/mol. The number of nitrogens with one attached hydrogen (secondary N) is 1. The fourth-order valence-electron chi connectivity index (χ4n) is 3.56. The standard InChI is InChI=1S/C26H30N2O5S/c1-5-6-7-8-18(2)23-16-22(25(34-23)33-26(30)32-4)27-20-13-14-28(24(29)15-20)17-19-9-11-21(31-3)12-10-19/h5-12,16,20,27H,1,13-15,17H2,2-4H3. The quantitative estimate of drug-likeness (QED) is 0.368. The first-order valence-corrected chi connectivity index (χ1v) is 11.8. The molecule has 1 aromatic heterocycles. The van der Waals surface area contributed by atoms with Crippen molar-refractivity contribution in [2.75, 3.05) is 26.1 Å². The number of anilines is 1. The lowest BCUT2D eigenvalue weighted by molar-refractivity contribution is -0.134. The van der Waals surface area contributed by atoms with Gasteiger partial charge in [-0.15, -0.1) is 0 Å². The van der Waals surface area contributed by atoms with Crippen LogP contribution in [-0.4, -0.2) is 43.8 Å². The van der Waals surface area contributed by atoms with Gasteiger partial charge >= 0.3 is 6.16 Å². The summed E-state index contributed by atoms with van der Waals surface area (Å²) in [5.41, 5.74) is 2.74. The van der Waals surface area contributed by atoms with Gasteiger partial charge in [-0.3, -0.25) is 4.79 Å². The molecule has 0 saturated carbocycles. The lowest BCUT2D eigenvalue weighted by Gasteiger charge is -2.32.